The lowest BCUT2D eigenvalue weighted by atomic mass is 10.1. The van der Waals surface area contributed by atoms with Crippen molar-refractivity contribution in [2.45, 2.75) is 26.2 Å². The minimum atomic E-state index is -0.735. The Kier molecular flexibility index (Phi) is 8.56. The highest BCUT2D eigenvalue weighted by Crippen LogP contribution is 2.14. The summed E-state index contributed by atoms with van der Waals surface area (Å²) in [5.41, 5.74) is 0.789. The second-order valence-corrected chi connectivity index (χ2v) is 6.20. The highest BCUT2D eigenvalue weighted by atomic mass is 16.5. The number of carbonyl (C=O) groups is 4. The Hall–Kier alpha value is -3.48. The highest BCUT2D eigenvalue weighted by Gasteiger charge is 2.14. The Morgan fingerprint density at radius 2 is 1.55 bits per heavy atom. The number of ketones is 1. The van der Waals surface area contributed by atoms with Gasteiger partial charge in [-0.3, -0.25) is 24.5 Å². The van der Waals surface area contributed by atoms with Crippen LogP contribution in [0.4, 0.5) is 0 Å². The summed E-state index contributed by atoms with van der Waals surface area (Å²) in [6, 6.07) is 14.9. The normalized spacial score (nSPS) is 10.1. The molecule has 2 aromatic rings. The van der Waals surface area contributed by atoms with Crippen LogP contribution in [0.15, 0.2) is 54.6 Å². The molecule has 0 radical (unpaired) electrons. The van der Waals surface area contributed by atoms with Crippen molar-refractivity contribution >= 4 is 23.6 Å². The van der Waals surface area contributed by atoms with E-state index in [1.807, 2.05) is 6.92 Å². The Morgan fingerprint density at radius 1 is 0.862 bits per heavy atom. The molecule has 0 aromatic heterocycles. The molecule has 2 rings (SSSR count). The number of nitrogens with one attached hydrogen (secondary N) is 1. The SMILES string of the molecule is CCCOc1ccc(C(=O)CCC(=O)OCC(=O)NC(=O)c2ccccc2)cc1. The molecule has 0 saturated heterocycles. The van der Waals surface area contributed by atoms with Gasteiger partial charge in [0, 0.05) is 17.5 Å². The fourth-order valence-corrected chi connectivity index (χ4v) is 2.36. The molecule has 0 unspecified atom stereocenters. The molecule has 2 aromatic carbocycles. The number of rotatable bonds is 10. The molecule has 152 valence electrons. The first kappa shape index (κ1) is 21.8. The van der Waals surface area contributed by atoms with Crippen LogP contribution in [-0.2, 0) is 14.3 Å². The third-order valence-corrected chi connectivity index (χ3v) is 3.86. The lowest BCUT2D eigenvalue weighted by Crippen LogP contribution is -2.34. The minimum Gasteiger partial charge on any atom is -0.494 e. The van der Waals surface area contributed by atoms with Crippen molar-refractivity contribution in [2.75, 3.05) is 13.2 Å². The zero-order valence-corrected chi connectivity index (χ0v) is 16.2. The maximum absolute atomic E-state index is 12.1. The van der Waals surface area contributed by atoms with Crippen molar-refractivity contribution in [1.82, 2.24) is 5.32 Å². The Labute approximate surface area is 169 Å². The number of imide groups is 1. The molecule has 7 heteroatoms. The van der Waals surface area contributed by atoms with Gasteiger partial charge < -0.3 is 9.47 Å². The summed E-state index contributed by atoms with van der Waals surface area (Å²) in [6.07, 6.45) is 0.687. The van der Waals surface area contributed by atoms with Gasteiger partial charge in [0.05, 0.1) is 13.0 Å². The molecule has 7 nitrogen and oxygen atoms in total. The number of ether oxygens (including phenoxy) is 2. The number of esters is 1. The number of carbonyl (C=O) groups excluding carboxylic acids is 4. The van der Waals surface area contributed by atoms with Gasteiger partial charge >= 0.3 is 5.97 Å². The van der Waals surface area contributed by atoms with E-state index in [0.717, 1.165) is 6.42 Å². The molecular formula is C22H23NO6. The van der Waals surface area contributed by atoms with E-state index in [0.29, 0.717) is 23.5 Å². The molecule has 0 fully saturated rings. The maximum atomic E-state index is 12.1. The number of benzene rings is 2. The van der Waals surface area contributed by atoms with Crippen LogP contribution in [0.2, 0.25) is 0 Å². The lowest BCUT2D eigenvalue weighted by Gasteiger charge is -2.07. The minimum absolute atomic E-state index is 0.0431. The fraction of sp³-hybridized carbons (Fsp3) is 0.273. The predicted molar refractivity (Wildman–Crippen MR) is 106 cm³/mol. The van der Waals surface area contributed by atoms with E-state index >= 15 is 0 Å². The van der Waals surface area contributed by atoms with E-state index in [1.165, 1.54) is 0 Å². The molecule has 0 saturated carbocycles. The van der Waals surface area contributed by atoms with Crippen LogP contribution in [0.3, 0.4) is 0 Å². The van der Waals surface area contributed by atoms with E-state index in [1.54, 1.807) is 54.6 Å². The van der Waals surface area contributed by atoms with E-state index in [4.69, 9.17) is 9.47 Å². The smallest absolute Gasteiger partial charge is 0.306 e. The van der Waals surface area contributed by atoms with Crippen molar-refractivity contribution in [1.29, 1.82) is 0 Å². The van der Waals surface area contributed by atoms with Gasteiger partial charge in [0.25, 0.3) is 11.8 Å². The van der Waals surface area contributed by atoms with Gasteiger partial charge in [0.1, 0.15) is 5.75 Å². The average molecular weight is 397 g/mol. The van der Waals surface area contributed by atoms with Crippen LogP contribution in [0.5, 0.6) is 5.75 Å². The topological polar surface area (TPSA) is 98.8 Å². The summed E-state index contributed by atoms with van der Waals surface area (Å²) in [4.78, 5) is 47.4. The summed E-state index contributed by atoms with van der Waals surface area (Å²) in [6.45, 7) is 2.01. The van der Waals surface area contributed by atoms with Gasteiger partial charge in [0.2, 0.25) is 0 Å². The summed E-state index contributed by atoms with van der Waals surface area (Å²) < 4.78 is 10.3. The van der Waals surface area contributed by atoms with Gasteiger partial charge in [-0.25, -0.2) is 0 Å². The van der Waals surface area contributed by atoms with Gasteiger partial charge in [-0.1, -0.05) is 25.1 Å². The largest absolute Gasteiger partial charge is 0.494 e. The summed E-state index contributed by atoms with van der Waals surface area (Å²) in [5, 5.41) is 2.13. The molecule has 0 atom stereocenters. The van der Waals surface area contributed by atoms with E-state index in [2.05, 4.69) is 5.32 Å². The van der Waals surface area contributed by atoms with Crippen LogP contribution in [0.1, 0.15) is 46.9 Å². The lowest BCUT2D eigenvalue weighted by molar-refractivity contribution is -0.148. The number of hydrogen-bond acceptors (Lipinski definition) is 6. The third-order valence-electron chi connectivity index (χ3n) is 3.86. The first-order valence-electron chi connectivity index (χ1n) is 9.30. The zero-order chi connectivity index (χ0) is 21.1. The molecule has 29 heavy (non-hydrogen) atoms. The standard InChI is InChI=1S/C22H23NO6/c1-2-14-28-18-10-8-16(9-11-18)19(24)12-13-21(26)29-15-20(25)23-22(27)17-6-4-3-5-7-17/h3-11H,2,12-15H2,1H3,(H,23,25,27). The molecule has 1 N–H and O–H groups in total. The van der Waals surface area contributed by atoms with Gasteiger partial charge in [-0.05, 0) is 42.8 Å². The van der Waals surface area contributed by atoms with E-state index in [-0.39, 0.29) is 18.6 Å². The van der Waals surface area contributed by atoms with Crippen LogP contribution >= 0.6 is 0 Å². The van der Waals surface area contributed by atoms with Crippen molar-refractivity contribution in [2.24, 2.45) is 0 Å². The fourth-order valence-electron chi connectivity index (χ4n) is 2.36. The molecule has 0 spiro atoms. The van der Waals surface area contributed by atoms with E-state index in [9.17, 15) is 19.2 Å². The number of Topliss-reactive ketones (excluding diaryl/α,β-unsaturated/α-hetero) is 1. The van der Waals surface area contributed by atoms with Crippen molar-refractivity contribution in [3.05, 3.63) is 65.7 Å². The van der Waals surface area contributed by atoms with Crippen LogP contribution in [-0.4, -0.2) is 36.8 Å². The Morgan fingerprint density at radius 3 is 2.21 bits per heavy atom. The van der Waals surface area contributed by atoms with Crippen LogP contribution in [0.25, 0.3) is 0 Å². The molecule has 0 aliphatic rings. The van der Waals surface area contributed by atoms with Crippen molar-refractivity contribution < 1.29 is 28.7 Å². The molecule has 0 bridgehead atoms. The molecule has 0 heterocycles. The second-order valence-electron chi connectivity index (χ2n) is 6.20. The molecule has 2 amide bonds. The van der Waals surface area contributed by atoms with Gasteiger partial charge in [0.15, 0.2) is 12.4 Å². The van der Waals surface area contributed by atoms with E-state index < -0.39 is 24.4 Å². The first-order chi connectivity index (χ1) is 14.0. The number of amides is 2. The first-order valence-corrected chi connectivity index (χ1v) is 9.30. The summed E-state index contributed by atoms with van der Waals surface area (Å²) in [5.74, 6) is -1.54. The average Bonchev–Trinajstić information content (AvgIpc) is 2.75. The van der Waals surface area contributed by atoms with Crippen LogP contribution < -0.4 is 10.1 Å². The Balaban J connectivity index is 1.70. The summed E-state index contributed by atoms with van der Waals surface area (Å²) >= 11 is 0. The Bertz CT molecular complexity index is 845. The predicted octanol–water partition coefficient (Wildman–Crippen LogP) is 2.94. The monoisotopic (exact) mass is 397 g/mol. The summed E-state index contributed by atoms with van der Waals surface area (Å²) in [7, 11) is 0. The number of hydrogen-bond donors (Lipinski definition) is 1. The van der Waals surface area contributed by atoms with Gasteiger partial charge in [-0.2, -0.15) is 0 Å². The maximum Gasteiger partial charge on any atom is 0.306 e. The molecular weight excluding hydrogens is 374 g/mol. The quantitative estimate of drug-likeness (QED) is 0.489. The second kappa shape index (κ2) is 11.4. The zero-order valence-electron chi connectivity index (χ0n) is 16.2. The molecule has 0 aliphatic carbocycles. The third kappa shape index (κ3) is 7.57. The van der Waals surface area contributed by atoms with Crippen molar-refractivity contribution in [3.8, 4) is 5.75 Å². The van der Waals surface area contributed by atoms with Gasteiger partial charge in [-0.15, -0.1) is 0 Å². The highest BCUT2D eigenvalue weighted by molar-refractivity contribution is 6.05. The van der Waals surface area contributed by atoms with Crippen molar-refractivity contribution in [3.63, 3.8) is 0 Å². The van der Waals surface area contributed by atoms with Crippen LogP contribution in [0, 0.1) is 0 Å². The molecule has 0 aliphatic heterocycles.